The summed E-state index contributed by atoms with van der Waals surface area (Å²) in [6.45, 7) is 2.36. The molecule has 18 heavy (non-hydrogen) atoms. The second-order valence-corrected chi connectivity index (χ2v) is 4.98. The average molecular weight is 268 g/mol. The molecule has 1 saturated heterocycles. The minimum absolute atomic E-state index is 0.0710. The number of halogens is 1. The standard InChI is InChI=1S/C14H18ClNO2/c15-12-4-3-6-14(10-12)18-9-8-16-7-2-1-5-13(16)11-17/h3-4,6,10-11,13H,1-2,5,7-9H2. The number of hydrogen-bond acceptors (Lipinski definition) is 3. The summed E-state index contributed by atoms with van der Waals surface area (Å²) in [5.74, 6) is 0.780. The molecule has 1 unspecified atom stereocenters. The predicted octanol–water partition coefficient (Wildman–Crippen LogP) is 2.77. The Morgan fingerprint density at radius 2 is 2.33 bits per heavy atom. The monoisotopic (exact) mass is 267 g/mol. The molecule has 0 N–H and O–H groups in total. The summed E-state index contributed by atoms with van der Waals surface area (Å²) in [7, 11) is 0. The van der Waals surface area contributed by atoms with Crippen LogP contribution < -0.4 is 4.74 Å². The van der Waals surface area contributed by atoms with E-state index in [9.17, 15) is 4.79 Å². The van der Waals surface area contributed by atoms with Gasteiger partial charge in [-0.05, 0) is 37.6 Å². The fourth-order valence-corrected chi connectivity index (χ4v) is 2.47. The van der Waals surface area contributed by atoms with Crippen molar-refractivity contribution in [3.8, 4) is 5.75 Å². The lowest BCUT2D eigenvalue weighted by Crippen LogP contribution is -2.42. The van der Waals surface area contributed by atoms with Gasteiger partial charge in [-0.25, -0.2) is 0 Å². The SMILES string of the molecule is O=CC1CCCCN1CCOc1cccc(Cl)c1. The number of benzene rings is 1. The van der Waals surface area contributed by atoms with Gasteiger partial charge in [0.2, 0.25) is 0 Å². The van der Waals surface area contributed by atoms with Crippen LogP contribution in [-0.4, -0.2) is 36.9 Å². The number of aldehydes is 1. The molecule has 0 spiro atoms. The molecular formula is C14H18ClNO2. The number of carbonyl (C=O) groups excluding carboxylic acids is 1. The Morgan fingerprint density at radius 1 is 1.44 bits per heavy atom. The fraction of sp³-hybridized carbons (Fsp3) is 0.500. The van der Waals surface area contributed by atoms with Crippen molar-refractivity contribution in [3.05, 3.63) is 29.3 Å². The van der Waals surface area contributed by atoms with E-state index < -0.39 is 0 Å². The van der Waals surface area contributed by atoms with Gasteiger partial charge in [0.05, 0.1) is 6.04 Å². The maximum atomic E-state index is 10.9. The van der Waals surface area contributed by atoms with Crippen molar-refractivity contribution in [2.45, 2.75) is 25.3 Å². The molecule has 0 bridgehead atoms. The Labute approximate surface area is 113 Å². The minimum Gasteiger partial charge on any atom is -0.492 e. The van der Waals surface area contributed by atoms with E-state index >= 15 is 0 Å². The molecule has 1 aromatic carbocycles. The van der Waals surface area contributed by atoms with Gasteiger partial charge in [-0.2, -0.15) is 0 Å². The van der Waals surface area contributed by atoms with E-state index in [1.807, 2.05) is 18.2 Å². The quantitative estimate of drug-likeness (QED) is 0.769. The van der Waals surface area contributed by atoms with Crippen LogP contribution in [0.25, 0.3) is 0 Å². The van der Waals surface area contributed by atoms with E-state index in [1.165, 1.54) is 6.42 Å². The smallest absolute Gasteiger partial charge is 0.137 e. The van der Waals surface area contributed by atoms with Crippen molar-refractivity contribution in [2.24, 2.45) is 0 Å². The van der Waals surface area contributed by atoms with Gasteiger partial charge in [0.15, 0.2) is 0 Å². The van der Waals surface area contributed by atoms with E-state index in [0.29, 0.717) is 11.6 Å². The molecule has 4 heteroatoms. The van der Waals surface area contributed by atoms with Crippen molar-refractivity contribution in [1.82, 2.24) is 4.90 Å². The van der Waals surface area contributed by atoms with Gasteiger partial charge in [-0.1, -0.05) is 24.1 Å². The van der Waals surface area contributed by atoms with Crippen LogP contribution in [0.1, 0.15) is 19.3 Å². The number of hydrogen-bond donors (Lipinski definition) is 0. The third-order valence-corrected chi connectivity index (χ3v) is 3.50. The normalized spacial score (nSPS) is 20.6. The van der Waals surface area contributed by atoms with Crippen LogP contribution in [0.15, 0.2) is 24.3 Å². The van der Waals surface area contributed by atoms with Crippen LogP contribution in [0.3, 0.4) is 0 Å². The maximum absolute atomic E-state index is 10.9. The second-order valence-electron chi connectivity index (χ2n) is 4.54. The van der Waals surface area contributed by atoms with E-state index in [-0.39, 0.29) is 6.04 Å². The zero-order valence-electron chi connectivity index (χ0n) is 10.3. The lowest BCUT2D eigenvalue weighted by atomic mass is 10.0. The van der Waals surface area contributed by atoms with Gasteiger partial charge >= 0.3 is 0 Å². The first-order chi connectivity index (χ1) is 8.79. The van der Waals surface area contributed by atoms with Gasteiger partial charge in [0.1, 0.15) is 18.6 Å². The first-order valence-electron chi connectivity index (χ1n) is 6.37. The molecular weight excluding hydrogens is 250 g/mol. The zero-order valence-corrected chi connectivity index (χ0v) is 11.1. The summed E-state index contributed by atoms with van der Waals surface area (Å²) in [5.41, 5.74) is 0. The van der Waals surface area contributed by atoms with E-state index in [2.05, 4.69) is 4.90 Å². The molecule has 0 aromatic heterocycles. The number of carbonyl (C=O) groups is 1. The van der Waals surface area contributed by atoms with Crippen molar-refractivity contribution < 1.29 is 9.53 Å². The summed E-state index contributed by atoms with van der Waals surface area (Å²) in [6.07, 6.45) is 4.34. The molecule has 1 aromatic rings. The molecule has 1 fully saturated rings. The summed E-state index contributed by atoms with van der Waals surface area (Å²) in [5, 5.41) is 0.677. The van der Waals surface area contributed by atoms with Crippen molar-refractivity contribution >= 4 is 17.9 Å². The predicted molar refractivity (Wildman–Crippen MR) is 72.2 cm³/mol. The van der Waals surface area contributed by atoms with Crippen LogP contribution in [0.5, 0.6) is 5.75 Å². The summed E-state index contributed by atoms with van der Waals surface area (Å²) in [4.78, 5) is 13.1. The minimum atomic E-state index is 0.0710. The van der Waals surface area contributed by atoms with Crippen LogP contribution in [-0.2, 0) is 4.79 Å². The highest BCUT2D eigenvalue weighted by atomic mass is 35.5. The lowest BCUT2D eigenvalue weighted by Gasteiger charge is -2.31. The third kappa shape index (κ3) is 3.72. The number of likely N-dealkylation sites (tertiary alicyclic amines) is 1. The molecule has 0 amide bonds. The maximum Gasteiger partial charge on any atom is 0.137 e. The Hall–Kier alpha value is -1.06. The van der Waals surface area contributed by atoms with Crippen LogP contribution in [0.4, 0.5) is 0 Å². The molecule has 3 nitrogen and oxygen atoms in total. The number of nitrogens with zero attached hydrogens (tertiary/aromatic N) is 1. The van der Waals surface area contributed by atoms with E-state index in [1.54, 1.807) is 6.07 Å². The third-order valence-electron chi connectivity index (χ3n) is 3.26. The van der Waals surface area contributed by atoms with Gasteiger partial charge in [0, 0.05) is 11.6 Å². The number of piperidine rings is 1. The van der Waals surface area contributed by atoms with Crippen molar-refractivity contribution in [2.75, 3.05) is 19.7 Å². The summed E-state index contributed by atoms with van der Waals surface area (Å²) < 4.78 is 5.64. The summed E-state index contributed by atoms with van der Waals surface area (Å²) >= 11 is 5.88. The molecule has 2 rings (SSSR count). The number of ether oxygens (including phenoxy) is 1. The Kier molecular flexibility index (Phi) is 5.02. The molecule has 98 valence electrons. The Balaban J connectivity index is 1.79. The fourth-order valence-electron chi connectivity index (χ4n) is 2.29. The average Bonchev–Trinajstić information content (AvgIpc) is 2.39. The summed E-state index contributed by atoms with van der Waals surface area (Å²) in [6, 6.07) is 7.45. The van der Waals surface area contributed by atoms with Gasteiger partial charge < -0.3 is 9.53 Å². The molecule has 0 saturated carbocycles. The molecule has 0 radical (unpaired) electrons. The highest BCUT2D eigenvalue weighted by Crippen LogP contribution is 2.18. The molecule has 1 atom stereocenters. The van der Waals surface area contributed by atoms with Gasteiger partial charge in [-0.3, -0.25) is 4.90 Å². The number of rotatable bonds is 5. The first kappa shape index (κ1) is 13.4. The Morgan fingerprint density at radius 3 is 3.11 bits per heavy atom. The molecule has 1 heterocycles. The van der Waals surface area contributed by atoms with Crippen LogP contribution >= 0.6 is 11.6 Å². The zero-order chi connectivity index (χ0) is 12.8. The topological polar surface area (TPSA) is 29.5 Å². The first-order valence-corrected chi connectivity index (χ1v) is 6.75. The van der Waals surface area contributed by atoms with Crippen molar-refractivity contribution in [1.29, 1.82) is 0 Å². The second kappa shape index (κ2) is 6.76. The highest BCUT2D eigenvalue weighted by molar-refractivity contribution is 6.30. The van der Waals surface area contributed by atoms with Gasteiger partial charge in [0.25, 0.3) is 0 Å². The molecule has 0 aliphatic carbocycles. The lowest BCUT2D eigenvalue weighted by molar-refractivity contribution is -0.113. The van der Waals surface area contributed by atoms with Crippen molar-refractivity contribution in [3.63, 3.8) is 0 Å². The van der Waals surface area contributed by atoms with Crippen LogP contribution in [0.2, 0.25) is 5.02 Å². The Bertz CT molecular complexity index is 397. The van der Waals surface area contributed by atoms with Crippen LogP contribution in [0, 0.1) is 0 Å². The largest absolute Gasteiger partial charge is 0.492 e. The van der Waals surface area contributed by atoms with E-state index in [4.69, 9.17) is 16.3 Å². The molecule has 1 aliphatic heterocycles. The van der Waals surface area contributed by atoms with Gasteiger partial charge in [-0.15, -0.1) is 0 Å². The van der Waals surface area contributed by atoms with E-state index in [0.717, 1.165) is 38.0 Å². The molecule has 1 aliphatic rings. The highest BCUT2D eigenvalue weighted by Gasteiger charge is 2.21.